The van der Waals surface area contributed by atoms with Crippen LogP contribution in [0.4, 0.5) is 0 Å². The van der Waals surface area contributed by atoms with Crippen LogP contribution < -0.4 is 4.74 Å². The highest BCUT2D eigenvalue weighted by Crippen LogP contribution is 2.28. The Morgan fingerprint density at radius 2 is 1.96 bits per heavy atom. The lowest BCUT2D eigenvalue weighted by Crippen LogP contribution is -2.49. The van der Waals surface area contributed by atoms with Crippen molar-refractivity contribution >= 4 is 5.91 Å². The Morgan fingerprint density at radius 1 is 1.20 bits per heavy atom. The summed E-state index contributed by atoms with van der Waals surface area (Å²) in [5, 5.41) is 0. The molecule has 1 aliphatic rings. The predicted molar refractivity (Wildman–Crippen MR) is 97.4 cm³/mol. The van der Waals surface area contributed by atoms with Gasteiger partial charge in [0.1, 0.15) is 5.75 Å². The third kappa shape index (κ3) is 4.17. The maximum Gasteiger partial charge on any atom is 0.220 e. The molecule has 0 bridgehead atoms. The van der Waals surface area contributed by atoms with Crippen molar-refractivity contribution in [1.29, 1.82) is 0 Å². The number of carbonyl (C=O) groups is 1. The van der Waals surface area contributed by atoms with Crippen LogP contribution >= 0.6 is 0 Å². The predicted octanol–water partition coefficient (Wildman–Crippen LogP) is 2.80. The highest BCUT2D eigenvalue weighted by molar-refractivity contribution is 5.74. The molecule has 132 valence electrons. The largest absolute Gasteiger partial charge is 0.497 e. The van der Waals surface area contributed by atoms with Crippen molar-refractivity contribution in [3.05, 3.63) is 59.4 Å². The molecule has 0 aliphatic carbocycles. The second-order valence-corrected chi connectivity index (χ2v) is 6.54. The van der Waals surface area contributed by atoms with Crippen molar-refractivity contribution in [2.45, 2.75) is 26.4 Å². The zero-order valence-electron chi connectivity index (χ0n) is 15.1. The minimum Gasteiger partial charge on any atom is -0.497 e. The number of carbonyl (C=O) groups excluding carboxylic acids is 1. The summed E-state index contributed by atoms with van der Waals surface area (Å²) in [5.41, 5.74) is 3.37. The molecule has 1 aromatic heterocycles. The number of ether oxygens (including phenoxy) is 1. The Morgan fingerprint density at radius 3 is 2.56 bits per heavy atom. The van der Waals surface area contributed by atoms with Crippen molar-refractivity contribution < 1.29 is 9.53 Å². The lowest BCUT2D eigenvalue weighted by Gasteiger charge is -2.41. The summed E-state index contributed by atoms with van der Waals surface area (Å²) in [6, 6.07) is 12.2. The highest BCUT2D eigenvalue weighted by Gasteiger charge is 2.29. The second-order valence-electron chi connectivity index (χ2n) is 6.54. The van der Waals surface area contributed by atoms with Gasteiger partial charge in [-0.25, -0.2) is 0 Å². The van der Waals surface area contributed by atoms with Gasteiger partial charge in [-0.1, -0.05) is 18.2 Å². The molecule has 3 rings (SSSR count). The van der Waals surface area contributed by atoms with E-state index in [1.807, 2.05) is 36.2 Å². The van der Waals surface area contributed by atoms with E-state index in [0.29, 0.717) is 0 Å². The molecule has 0 spiro atoms. The monoisotopic (exact) mass is 339 g/mol. The molecule has 2 heterocycles. The molecule has 1 aliphatic heterocycles. The van der Waals surface area contributed by atoms with Crippen molar-refractivity contribution in [3.63, 3.8) is 0 Å². The van der Waals surface area contributed by atoms with Crippen LogP contribution in [-0.4, -0.2) is 47.4 Å². The van der Waals surface area contributed by atoms with Crippen LogP contribution in [0.25, 0.3) is 0 Å². The molecule has 0 N–H and O–H groups in total. The fraction of sp³-hybridized carbons (Fsp3) is 0.400. The number of aryl methyl sites for hydroxylation is 1. The van der Waals surface area contributed by atoms with E-state index in [1.54, 1.807) is 14.0 Å². The van der Waals surface area contributed by atoms with Gasteiger partial charge in [-0.3, -0.25) is 14.7 Å². The maximum atomic E-state index is 12.1. The first kappa shape index (κ1) is 17.4. The number of piperazine rings is 1. The van der Waals surface area contributed by atoms with Gasteiger partial charge in [0.2, 0.25) is 5.91 Å². The van der Waals surface area contributed by atoms with Crippen molar-refractivity contribution in [2.24, 2.45) is 0 Å². The SMILES string of the molecule is COc1ccc(C2CN(Cc3ccc(C)nc3)CCN2C(C)=O)cc1. The number of aromatic nitrogens is 1. The number of amides is 1. The van der Waals surface area contributed by atoms with E-state index < -0.39 is 0 Å². The summed E-state index contributed by atoms with van der Waals surface area (Å²) in [4.78, 5) is 20.8. The molecule has 25 heavy (non-hydrogen) atoms. The summed E-state index contributed by atoms with van der Waals surface area (Å²) >= 11 is 0. The Labute approximate surface area is 149 Å². The van der Waals surface area contributed by atoms with E-state index in [1.165, 1.54) is 5.56 Å². The van der Waals surface area contributed by atoms with Crippen LogP contribution in [0.2, 0.25) is 0 Å². The van der Waals surface area contributed by atoms with Gasteiger partial charge in [-0.2, -0.15) is 0 Å². The summed E-state index contributed by atoms with van der Waals surface area (Å²) in [7, 11) is 1.66. The van der Waals surface area contributed by atoms with Crippen LogP contribution in [0.5, 0.6) is 5.75 Å². The molecule has 2 aromatic rings. The van der Waals surface area contributed by atoms with E-state index >= 15 is 0 Å². The van der Waals surface area contributed by atoms with E-state index in [0.717, 1.165) is 43.2 Å². The lowest BCUT2D eigenvalue weighted by molar-refractivity contribution is -0.134. The van der Waals surface area contributed by atoms with Crippen LogP contribution in [0.3, 0.4) is 0 Å². The first-order valence-electron chi connectivity index (χ1n) is 8.62. The molecule has 0 saturated carbocycles. The van der Waals surface area contributed by atoms with E-state index in [4.69, 9.17) is 4.74 Å². The van der Waals surface area contributed by atoms with Gasteiger partial charge in [-0.15, -0.1) is 0 Å². The Bertz CT molecular complexity index is 713. The fourth-order valence-electron chi connectivity index (χ4n) is 3.32. The number of nitrogens with zero attached hydrogens (tertiary/aromatic N) is 3. The Balaban J connectivity index is 1.76. The zero-order valence-corrected chi connectivity index (χ0v) is 15.1. The number of rotatable bonds is 4. The normalized spacial score (nSPS) is 18.2. The average molecular weight is 339 g/mol. The zero-order chi connectivity index (χ0) is 17.8. The molecule has 0 radical (unpaired) electrons. The summed E-state index contributed by atoms with van der Waals surface area (Å²) < 4.78 is 5.24. The molecule has 1 saturated heterocycles. The number of benzene rings is 1. The number of pyridine rings is 1. The summed E-state index contributed by atoms with van der Waals surface area (Å²) in [6.45, 7) is 6.93. The molecule has 1 amide bonds. The highest BCUT2D eigenvalue weighted by atomic mass is 16.5. The molecular formula is C20H25N3O2. The quantitative estimate of drug-likeness (QED) is 0.859. The van der Waals surface area contributed by atoms with Gasteiger partial charge in [0.25, 0.3) is 0 Å². The van der Waals surface area contributed by atoms with Gasteiger partial charge in [0, 0.05) is 45.0 Å². The van der Waals surface area contributed by atoms with Gasteiger partial charge < -0.3 is 9.64 Å². The standard InChI is InChI=1S/C20H25N3O2/c1-15-4-5-17(12-21-15)13-22-10-11-23(16(2)24)20(14-22)18-6-8-19(25-3)9-7-18/h4-9,12,20H,10-11,13-14H2,1-3H3. The third-order valence-electron chi connectivity index (χ3n) is 4.75. The molecule has 1 atom stereocenters. The molecule has 1 aromatic carbocycles. The molecule has 5 heteroatoms. The smallest absolute Gasteiger partial charge is 0.220 e. The van der Waals surface area contributed by atoms with Crippen LogP contribution in [-0.2, 0) is 11.3 Å². The van der Waals surface area contributed by atoms with E-state index in [-0.39, 0.29) is 11.9 Å². The van der Waals surface area contributed by atoms with Crippen LogP contribution in [0.1, 0.15) is 29.8 Å². The molecule has 5 nitrogen and oxygen atoms in total. The number of hydrogen-bond acceptors (Lipinski definition) is 4. The molecular weight excluding hydrogens is 314 g/mol. The Kier molecular flexibility index (Phi) is 5.34. The first-order chi connectivity index (χ1) is 12.1. The average Bonchev–Trinajstić information content (AvgIpc) is 2.63. The van der Waals surface area contributed by atoms with Crippen molar-refractivity contribution in [2.75, 3.05) is 26.7 Å². The fourth-order valence-corrected chi connectivity index (χ4v) is 3.32. The van der Waals surface area contributed by atoms with E-state index in [2.05, 4.69) is 28.1 Å². The summed E-state index contributed by atoms with van der Waals surface area (Å²) in [6.07, 6.45) is 1.94. The minimum atomic E-state index is 0.0653. The van der Waals surface area contributed by atoms with Gasteiger partial charge in [0.15, 0.2) is 0 Å². The molecule has 1 fully saturated rings. The van der Waals surface area contributed by atoms with Gasteiger partial charge >= 0.3 is 0 Å². The summed E-state index contributed by atoms with van der Waals surface area (Å²) in [5.74, 6) is 0.953. The first-order valence-corrected chi connectivity index (χ1v) is 8.62. The third-order valence-corrected chi connectivity index (χ3v) is 4.75. The van der Waals surface area contributed by atoms with E-state index in [9.17, 15) is 4.79 Å². The van der Waals surface area contributed by atoms with Crippen molar-refractivity contribution in [1.82, 2.24) is 14.8 Å². The van der Waals surface area contributed by atoms with Gasteiger partial charge in [-0.05, 0) is 36.2 Å². The van der Waals surface area contributed by atoms with Gasteiger partial charge in [0.05, 0.1) is 13.2 Å². The van der Waals surface area contributed by atoms with Crippen molar-refractivity contribution in [3.8, 4) is 5.75 Å². The van der Waals surface area contributed by atoms with Crippen LogP contribution in [0, 0.1) is 6.92 Å². The second kappa shape index (κ2) is 7.66. The number of hydrogen-bond donors (Lipinski definition) is 0. The lowest BCUT2D eigenvalue weighted by atomic mass is 10.0. The minimum absolute atomic E-state index is 0.0653. The molecule has 1 unspecified atom stereocenters. The number of methoxy groups -OCH3 is 1. The topological polar surface area (TPSA) is 45.7 Å². The Hall–Kier alpha value is -2.40. The maximum absolute atomic E-state index is 12.1. The van der Waals surface area contributed by atoms with Crippen LogP contribution in [0.15, 0.2) is 42.6 Å².